The van der Waals surface area contributed by atoms with Crippen molar-refractivity contribution in [3.8, 4) is 5.75 Å². The van der Waals surface area contributed by atoms with Crippen molar-refractivity contribution in [2.45, 2.75) is 32.4 Å². The van der Waals surface area contributed by atoms with Crippen molar-refractivity contribution in [2.75, 3.05) is 20.3 Å². The lowest BCUT2D eigenvalue weighted by Crippen LogP contribution is -2.40. The smallest absolute Gasteiger partial charge is 0.165 e. The molecule has 1 heterocycles. The molecule has 1 aliphatic heterocycles. The Bertz CT molecular complexity index is 528. The Kier molecular flexibility index (Phi) is 4.15. The lowest BCUT2D eigenvalue weighted by molar-refractivity contribution is 0.157. The van der Waals surface area contributed by atoms with Crippen LogP contribution in [0.25, 0.3) is 0 Å². The molecule has 1 atom stereocenters. The van der Waals surface area contributed by atoms with Gasteiger partial charge in [-0.2, -0.15) is 0 Å². The van der Waals surface area contributed by atoms with Gasteiger partial charge in [0.25, 0.3) is 0 Å². The molecule has 0 N–H and O–H groups in total. The molecule has 0 spiro atoms. The van der Waals surface area contributed by atoms with E-state index in [-0.39, 0.29) is 5.82 Å². The number of ether oxygens (including phenoxy) is 1. The standard InChI is InChI=1S/C17H23FN2O/c1-13-7-8-20(12-19(13)2)10-15-5-6-17(16(18)9-15)21-11-14-3-4-14/h5-9,13-14H,3-4,10-12H2,1-2H3. The summed E-state index contributed by atoms with van der Waals surface area (Å²) in [6.07, 6.45) is 6.69. The van der Waals surface area contributed by atoms with Crippen LogP contribution >= 0.6 is 0 Å². The van der Waals surface area contributed by atoms with Gasteiger partial charge in [0, 0.05) is 12.6 Å². The van der Waals surface area contributed by atoms with Crippen molar-refractivity contribution < 1.29 is 9.13 Å². The molecule has 1 aromatic carbocycles. The van der Waals surface area contributed by atoms with Gasteiger partial charge in [0.2, 0.25) is 0 Å². The van der Waals surface area contributed by atoms with Crippen molar-refractivity contribution in [3.05, 3.63) is 41.9 Å². The third kappa shape index (κ3) is 3.76. The van der Waals surface area contributed by atoms with Gasteiger partial charge < -0.3 is 9.64 Å². The lowest BCUT2D eigenvalue weighted by Gasteiger charge is -2.34. The maximum atomic E-state index is 14.0. The summed E-state index contributed by atoms with van der Waals surface area (Å²) >= 11 is 0. The summed E-state index contributed by atoms with van der Waals surface area (Å²) < 4.78 is 19.6. The summed E-state index contributed by atoms with van der Waals surface area (Å²) in [5.74, 6) is 0.765. The van der Waals surface area contributed by atoms with Crippen LogP contribution in [-0.2, 0) is 6.54 Å². The van der Waals surface area contributed by atoms with E-state index in [9.17, 15) is 4.39 Å². The highest BCUT2D eigenvalue weighted by atomic mass is 19.1. The molecule has 3 rings (SSSR count). The van der Waals surface area contributed by atoms with Crippen LogP contribution in [0.3, 0.4) is 0 Å². The Labute approximate surface area is 126 Å². The molecule has 3 nitrogen and oxygen atoms in total. The maximum absolute atomic E-state index is 14.0. The minimum Gasteiger partial charge on any atom is -0.490 e. The molecule has 0 bridgehead atoms. The van der Waals surface area contributed by atoms with E-state index in [0.717, 1.165) is 12.2 Å². The number of benzene rings is 1. The van der Waals surface area contributed by atoms with Crippen molar-refractivity contribution in [1.29, 1.82) is 0 Å². The van der Waals surface area contributed by atoms with E-state index in [1.165, 1.54) is 12.8 Å². The van der Waals surface area contributed by atoms with Crippen LogP contribution in [0.1, 0.15) is 25.3 Å². The van der Waals surface area contributed by atoms with Gasteiger partial charge in [0.15, 0.2) is 11.6 Å². The van der Waals surface area contributed by atoms with Crippen LogP contribution in [0.5, 0.6) is 5.75 Å². The summed E-state index contributed by atoms with van der Waals surface area (Å²) in [5.41, 5.74) is 0.971. The van der Waals surface area contributed by atoms with E-state index in [4.69, 9.17) is 4.74 Å². The van der Waals surface area contributed by atoms with Gasteiger partial charge >= 0.3 is 0 Å². The van der Waals surface area contributed by atoms with E-state index in [2.05, 4.69) is 36.0 Å². The molecule has 0 radical (unpaired) electrons. The first kappa shape index (κ1) is 14.4. The Hall–Kier alpha value is -1.55. The van der Waals surface area contributed by atoms with Gasteiger partial charge in [-0.25, -0.2) is 4.39 Å². The molecular weight excluding hydrogens is 267 g/mol. The van der Waals surface area contributed by atoms with Crippen LogP contribution < -0.4 is 4.74 Å². The summed E-state index contributed by atoms with van der Waals surface area (Å²) in [4.78, 5) is 4.43. The summed E-state index contributed by atoms with van der Waals surface area (Å²) in [5, 5.41) is 0. The normalized spacial score (nSPS) is 22.6. The number of hydrogen-bond acceptors (Lipinski definition) is 3. The van der Waals surface area contributed by atoms with Gasteiger partial charge in [0.1, 0.15) is 0 Å². The minimum atomic E-state index is -0.254. The zero-order chi connectivity index (χ0) is 14.8. The molecule has 1 aliphatic carbocycles. The van der Waals surface area contributed by atoms with Crippen LogP contribution in [0, 0.1) is 11.7 Å². The lowest BCUT2D eigenvalue weighted by atomic mass is 10.2. The number of halogens is 1. The fourth-order valence-electron chi connectivity index (χ4n) is 2.44. The molecule has 114 valence electrons. The van der Waals surface area contributed by atoms with Gasteiger partial charge in [0.05, 0.1) is 13.3 Å². The zero-order valence-corrected chi connectivity index (χ0v) is 12.8. The quantitative estimate of drug-likeness (QED) is 0.828. The largest absolute Gasteiger partial charge is 0.490 e. The molecule has 1 fully saturated rings. The molecule has 0 amide bonds. The van der Waals surface area contributed by atoms with Crippen molar-refractivity contribution in [2.24, 2.45) is 5.92 Å². The SMILES string of the molecule is CC1C=CN(Cc2ccc(OCC3CC3)c(F)c2)CN1C. The Morgan fingerprint density at radius 1 is 1.33 bits per heavy atom. The second kappa shape index (κ2) is 6.06. The fourth-order valence-corrected chi connectivity index (χ4v) is 2.44. The van der Waals surface area contributed by atoms with E-state index in [1.807, 2.05) is 6.07 Å². The van der Waals surface area contributed by atoms with E-state index < -0.39 is 0 Å². The van der Waals surface area contributed by atoms with Gasteiger partial charge in [-0.05, 0) is 56.6 Å². The maximum Gasteiger partial charge on any atom is 0.165 e. The first-order valence-corrected chi connectivity index (χ1v) is 7.65. The Morgan fingerprint density at radius 2 is 2.14 bits per heavy atom. The third-order valence-electron chi connectivity index (χ3n) is 4.23. The number of hydrogen-bond donors (Lipinski definition) is 0. The molecule has 1 unspecified atom stereocenters. The van der Waals surface area contributed by atoms with Crippen molar-refractivity contribution >= 4 is 0 Å². The molecule has 0 saturated heterocycles. The van der Waals surface area contributed by atoms with Crippen LogP contribution in [0.4, 0.5) is 4.39 Å². The molecule has 4 heteroatoms. The zero-order valence-electron chi connectivity index (χ0n) is 12.8. The van der Waals surface area contributed by atoms with Gasteiger partial charge in [-0.3, -0.25) is 4.90 Å². The van der Waals surface area contributed by atoms with Crippen molar-refractivity contribution in [3.63, 3.8) is 0 Å². The Balaban J connectivity index is 1.60. The molecule has 0 aromatic heterocycles. The molecule has 1 aromatic rings. The topological polar surface area (TPSA) is 15.7 Å². The third-order valence-corrected chi connectivity index (χ3v) is 4.23. The van der Waals surface area contributed by atoms with Crippen LogP contribution in [0.15, 0.2) is 30.5 Å². The van der Waals surface area contributed by atoms with E-state index in [1.54, 1.807) is 12.1 Å². The van der Waals surface area contributed by atoms with Gasteiger partial charge in [-0.1, -0.05) is 12.1 Å². The highest BCUT2D eigenvalue weighted by molar-refractivity contribution is 5.29. The molecule has 1 saturated carbocycles. The highest BCUT2D eigenvalue weighted by Crippen LogP contribution is 2.30. The Morgan fingerprint density at radius 3 is 2.81 bits per heavy atom. The predicted molar refractivity (Wildman–Crippen MR) is 81.4 cm³/mol. The number of rotatable bonds is 5. The summed E-state index contributed by atoms with van der Waals surface area (Å²) in [6, 6.07) is 5.76. The van der Waals surface area contributed by atoms with Crippen LogP contribution in [-0.4, -0.2) is 36.2 Å². The summed E-state index contributed by atoms with van der Waals surface area (Å²) in [7, 11) is 2.09. The van der Waals surface area contributed by atoms with Crippen molar-refractivity contribution in [1.82, 2.24) is 9.80 Å². The first-order chi connectivity index (χ1) is 10.1. The molecular formula is C17H23FN2O. The second-order valence-corrected chi connectivity index (χ2v) is 6.25. The fraction of sp³-hybridized carbons (Fsp3) is 0.529. The number of likely N-dealkylation sites (N-methyl/N-ethyl adjacent to an activating group) is 1. The average Bonchev–Trinajstić information content (AvgIpc) is 3.26. The molecule has 2 aliphatic rings. The number of nitrogens with zero attached hydrogens (tertiary/aromatic N) is 2. The predicted octanol–water partition coefficient (Wildman–Crippen LogP) is 3.22. The highest BCUT2D eigenvalue weighted by Gasteiger charge is 2.22. The minimum absolute atomic E-state index is 0.254. The summed E-state index contributed by atoms with van der Waals surface area (Å²) in [6.45, 7) is 4.39. The van der Waals surface area contributed by atoms with Gasteiger partial charge in [-0.15, -0.1) is 0 Å². The first-order valence-electron chi connectivity index (χ1n) is 7.65. The second-order valence-electron chi connectivity index (χ2n) is 6.25. The van der Waals surface area contributed by atoms with Crippen LogP contribution in [0.2, 0.25) is 0 Å². The van der Waals surface area contributed by atoms with E-state index >= 15 is 0 Å². The van der Waals surface area contributed by atoms with E-state index in [0.29, 0.717) is 30.9 Å². The molecule has 21 heavy (non-hydrogen) atoms. The monoisotopic (exact) mass is 290 g/mol. The average molecular weight is 290 g/mol.